The van der Waals surface area contributed by atoms with Gasteiger partial charge >= 0.3 is 11.6 Å². The van der Waals surface area contributed by atoms with E-state index in [0.717, 1.165) is 99.3 Å². The van der Waals surface area contributed by atoms with E-state index in [0.29, 0.717) is 11.1 Å². The van der Waals surface area contributed by atoms with Gasteiger partial charge in [0.25, 0.3) is 0 Å². The van der Waals surface area contributed by atoms with Crippen LogP contribution in [0.15, 0.2) is 48.5 Å². The third-order valence-electron chi connectivity index (χ3n) is 8.34. The Labute approximate surface area is 245 Å². The first kappa shape index (κ1) is 27.8. The molecule has 0 saturated carbocycles. The van der Waals surface area contributed by atoms with Crippen LogP contribution in [0.25, 0.3) is 11.6 Å². The first-order chi connectivity index (χ1) is 20.6. The van der Waals surface area contributed by atoms with Crippen molar-refractivity contribution in [3.63, 3.8) is 0 Å². The maximum atomic E-state index is 13.3. The van der Waals surface area contributed by atoms with E-state index < -0.39 is 0 Å². The first-order valence-electron chi connectivity index (χ1n) is 14.9. The van der Waals surface area contributed by atoms with Crippen LogP contribution in [0, 0.1) is 0 Å². The fourth-order valence-electron chi connectivity index (χ4n) is 6.03. The van der Waals surface area contributed by atoms with Crippen molar-refractivity contribution in [1.29, 1.82) is 0 Å². The van der Waals surface area contributed by atoms with Crippen LogP contribution in [-0.4, -0.2) is 45.3 Å². The van der Waals surface area contributed by atoms with Gasteiger partial charge in [0.05, 0.1) is 37.5 Å². The van der Waals surface area contributed by atoms with Crippen LogP contribution in [0.1, 0.15) is 70.9 Å². The molecule has 10 nitrogen and oxygen atoms in total. The Morgan fingerprint density at radius 3 is 1.43 bits per heavy atom. The maximum Gasteiger partial charge on any atom is 0.382 e. The zero-order chi connectivity index (χ0) is 29.1. The third-order valence-corrected chi connectivity index (χ3v) is 8.34. The van der Waals surface area contributed by atoms with Gasteiger partial charge in [-0.1, -0.05) is 0 Å². The molecular weight excluding hydrogens is 532 g/mol. The van der Waals surface area contributed by atoms with E-state index in [1.807, 2.05) is 33.6 Å². The zero-order valence-corrected chi connectivity index (χ0v) is 24.4. The summed E-state index contributed by atoms with van der Waals surface area (Å²) in [4.78, 5) is 26.7. The Morgan fingerprint density at radius 1 is 0.643 bits per heavy atom. The molecule has 2 aromatic carbocycles. The molecule has 6 rings (SSSR count). The average molecular weight is 571 g/mol. The average Bonchev–Trinajstić information content (AvgIpc) is 3.27. The second-order valence-electron chi connectivity index (χ2n) is 11.0. The predicted octanol–water partition coefficient (Wildman–Crippen LogP) is 3.56. The quantitative estimate of drug-likeness (QED) is 0.226. The molecule has 42 heavy (non-hydrogen) atoms. The lowest BCUT2D eigenvalue weighted by molar-refractivity contribution is -0.721. The fraction of sp³-hybridized carbons (Fsp3) is 0.438. The van der Waals surface area contributed by atoms with Gasteiger partial charge < -0.3 is 9.47 Å². The number of rotatable bonds is 9. The molecule has 4 aromatic rings. The molecule has 0 aliphatic carbocycles. The standard InChI is InChI=1S/C32H38N6O4/c1-41-25-15-11-23(12-16-25)27(39)21-37-29-9-5-3-7-19-35(29)31(33-37)32-34-38(30-10-6-4-8-20-36(30)32)22-28(40)24-13-17-26(42-2)18-14-24/h11-18H,3-10,19-22H2,1-2H3/q+2. The molecule has 0 N–H and O–H groups in total. The van der Waals surface area contributed by atoms with Gasteiger partial charge in [0.1, 0.15) is 11.5 Å². The summed E-state index contributed by atoms with van der Waals surface area (Å²) in [5.74, 6) is 5.09. The number of fused-ring (bicyclic) bond motifs is 2. The highest BCUT2D eigenvalue weighted by Crippen LogP contribution is 2.20. The number of nitrogens with zero attached hydrogens (tertiary/aromatic N) is 6. The Kier molecular flexibility index (Phi) is 8.12. The molecule has 0 radical (unpaired) electrons. The second-order valence-corrected chi connectivity index (χ2v) is 11.0. The summed E-state index contributed by atoms with van der Waals surface area (Å²) in [6.45, 7) is 1.97. The molecule has 0 bridgehead atoms. The van der Waals surface area contributed by atoms with Crippen molar-refractivity contribution >= 4 is 11.6 Å². The maximum absolute atomic E-state index is 13.3. The molecule has 218 valence electrons. The number of ether oxygens (including phenoxy) is 2. The molecule has 0 amide bonds. The Balaban J connectivity index is 1.36. The lowest BCUT2D eigenvalue weighted by atomic mass is 10.1. The van der Waals surface area contributed by atoms with Crippen LogP contribution in [-0.2, 0) is 39.0 Å². The van der Waals surface area contributed by atoms with E-state index in [1.54, 1.807) is 38.5 Å². The Hall–Kier alpha value is -4.34. The molecule has 10 heteroatoms. The van der Waals surface area contributed by atoms with Gasteiger partial charge in [-0.2, -0.15) is 0 Å². The number of benzene rings is 2. The van der Waals surface area contributed by atoms with Crippen LogP contribution < -0.4 is 18.6 Å². The van der Waals surface area contributed by atoms with Gasteiger partial charge in [0.15, 0.2) is 24.7 Å². The van der Waals surface area contributed by atoms with Gasteiger partial charge in [0.2, 0.25) is 11.6 Å². The summed E-state index contributed by atoms with van der Waals surface area (Å²) >= 11 is 0. The third kappa shape index (κ3) is 5.57. The van der Waals surface area contributed by atoms with E-state index in [1.165, 1.54) is 0 Å². The molecule has 2 aromatic heterocycles. The zero-order valence-electron chi connectivity index (χ0n) is 24.4. The highest BCUT2D eigenvalue weighted by molar-refractivity contribution is 5.96. The van der Waals surface area contributed by atoms with Crippen molar-refractivity contribution in [3.05, 3.63) is 71.3 Å². The minimum atomic E-state index is 0.00134. The summed E-state index contributed by atoms with van der Waals surface area (Å²) in [6, 6.07) is 14.4. The minimum Gasteiger partial charge on any atom is -0.497 e. The van der Waals surface area contributed by atoms with Crippen molar-refractivity contribution < 1.29 is 28.2 Å². The van der Waals surface area contributed by atoms with Crippen LogP contribution >= 0.6 is 0 Å². The summed E-state index contributed by atoms with van der Waals surface area (Å²) in [6.07, 6.45) is 8.17. The van der Waals surface area contributed by atoms with E-state index in [2.05, 4.69) is 9.13 Å². The van der Waals surface area contributed by atoms with Crippen molar-refractivity contribution in [2.45, 2.75) is 77.5 Å². The SMILES string of the molecule is COc1ccc(C(=O)Cn2nc(-c3nn(CC(=O)c4ccc(OC)cc4)c4[n+]3CCCCC4)[n+]3c2CCCCC3)cc1. The van der Waals surface area contributed by atoms with Crippen molar-refractivity contribution in [1.82, 2.24) is 19.6 Å². The molecule has 2 aliphatic heterocycles. The fourth-order valence-corrected chi connectivity index (χ4v) is 6.03. The summed E-state index contributed by atoms with van der Waals surface area (Å²) in [5, 5.41) is 10.1. The summed E-state index contributed by atoms with van der Waals surface area (Å²) in [7, 11) is 3.23. The molecule has 0 saturated heterocycles. The van der Waals surface area contributed by atoms with E-state index in [9.17, 15) is 9.59 Å². The highest BCUT2D eigenvalue weighted by Gasteiger charge is 2.39. The topological polar surface area (TPSA) is 96.0 Å². The van der Waals surface area contributed by atoms with Crippen molar-refractivity contribution in [3.8, 4) is 23.1 Å². The molecule has 2 aliphatic rings. The highest BCUT2D eigenvalue weighted by atomic mass is 16.5. The monoisotopic (exact) mass is 570 g/mol. The normalized spacial score (nSPS) is 14.8. The summed E-state index contributed by atoms with van der Waals surface area (Å²) in [5.41, 5.74) is 1.26. The molecule has 0 spiro atoms. The number of ketones is 2. The van der Waals surface area contributed by atoms with E-state index in [-0.39, 0.29) is 24.7 Å². The largest absolute Gasteiger partial charge is 0.497 e. The number of carbonyl (C=O) groups excluding carboxylic acids is 2. The van der Waals surface area contributed by atoms with E-state index in [4.69, 9.17) is 19.7 Å². The lowest BCUT2D eigenvalue weighted by Gasteiger charge is -2.03. The molecule has 0 atom stereocenters. The number of Topliss-reactive ketones (excluding diaryl/α,β-unsaturated/α-hetero) is 2. The van der Waals surface area contributed by atoms with Crippen molar-refractivity contribution in [2.75, 3.05) is 14.2 Å². The molecular formula is C32H38N6O4+2. The lowest BCUT2D eigenvalue weighted by Crippen LogP contribution is -2.44. The molecule has 0 fully saturated rings. The summed E-state index contributed by atoms with van der Waals surface area (Å²) < 4.78 is 18.8. The first-order valence-corrected chi connectivity index (χ1v) is 14.9. The smallest absolute Gasteiger partial charge is 0.382 e. The number of hydrogen-bond acceptors (Lipinski definition) is 6. The molecule has 4 heterocycles. The van der Waals surface area contributed by atoms with Gasteiger partial charge in [0, 0.05) is 24.0 Å². The Bertz CT molecular complexity index is 1470. The second kappa shape index (κ2) is 12.3. The number of methoxy groups -OCH3 is 2. The van der Waals surface area contributed by atoms with E-state index >= 15 is 0 Å². The van der Waals surface area contributed by atoms with Crippen molar-refractivity contribution in [2.24, 2.45) is 0 Å². The Morgan fingerprint density at radius 2 is 1.05 bits per heavy atom. The number of carbonyl (C=O) groups is 2. The number of aromatic nitrogens is 6. The van der Waals surface area contributed by atoms with Gasteiger partial charge in [-0.15, -0.1) is 9.36 Å². The minimum absolute atomic E-state index is 0.00134. The predicted molar refractivity (Wildman–Crippen MR) is 154 cm³/mol. The van der Waals surface area contributed by atoms with Gasteiger partial charge in [-0.3, -0.25) is 9.59 Å². The van der Waals surface area contributed by atoms with Gasteiger partial charge in [-0.25, -0.2) is 9.13 Å². The van der Waals surface area contributed by atoms with Crippen LogP contribution in [0.3, 0.4) is 0 Å². The van der Waals surface area contributed by atoms with Crippen LogP contribution in [0.2, 0.25) is 0 Å². The van der Waals surface area contributed by atoms with Gasteiger partial charge in [-0.05, 0) is 87.1 Å². The van der Waals surface area contributed by atoms with Crippen LogP contribution in [0.4, 0.5) is 0 Å². The molecule has 0 unspecified atom stereocenters. The van der Waals surface area contributed by atoms with Crippen LogP contribution in [0.5, 0.6) is 11.5 Å². The number of hydrogen-bond donors (Lipinski definition) is 0.